The van der Waals surface area contributed by atoms with E-state index in [1.807, 2.05) is 37.3 Å². The Morgan fingerprint density at radius 1 is 1.22 bits per heavy atom. The smallest absolute Gasteiger partial charge is 0.344 e. The van der Waals surface area contributed by atoms with Crippen molar-refractivity contribution in [1.82, 2.24) is 15.8 Å². The predicted octanol–water partition coefficient (Wildman–Crippen LogP) is 1.69. The Balaban J connectivity index is 1.87. The maximum Gasteiger partial charge on any atom is 0.344 e. The third-order valence-corrected chi connectivity index (χ3v) is 4.35. The Hall–Kier alpha value is -2.90. The van der Waals surface area contributed by atoms with Crippen molar-refractivity contribution < 1.29 is 23.9 Å². The second-order valence-corrected chi connectivity index (χ2v) is 6.69. The highest BCUT2D eigenvalue weighted by Crippen LogP contribution is 2.22. The van der Waals surface area contributed by atoms with Crippen LogP contribution >= 0.6 is 0 Å². The number of unbranched alkanes of at least 4 members (excludes halogenated alkanes) is 1. The van der Waals surface area contributed by atoms with Gasteiger partial charge in [0.2, 0.25) is 0 Å². The maximum atomic E-state index is 12.6. The van der Waals surface area contributed by atoms with Crippen LogP contribution in [0.1, 0.15) is 45.1 Å². The zero-order valence-corrected chi connectivity index (χ0v) is 15.6. The summed E-state index contributed by atoms with van der Waals surface area (Å²) < 4.78 is 4.82. The van der Waals surface area contributed by atoms with Crippen LogP contribution in [-0.4, -0.2) is 41.0 Å². The first-order valence-electron chi connectivity index (χ1n) is 9.01. The number of ether oxygens (including phenoxy) is 1. The zero-order valence-electron chi connectivity index (χ0n) is 15.6. The third-order valence-electron chi connectivity index (χ3n) is 4.35. The van der Waals surface area contributed by atoms with Gasteiger partial charge in [0.1, 0.15) is 5.54 Å². The molecule has 1 atom stereocenters. The van der Waals surface area contributed by atoms with Crippen LogP contribution < -0.4 is 10.7 Å². The van der Waals surface area contributed by atoms with Gasteiger partial charge in [-0.3, -0.25) is 19.8 Å². The Labute approximate surface area is 158 Å². The van der Waals surface area contributed by atoms with Crippen molar-refractivity contribution in [3.8, 4) is 0 Å². The molecule has 8 heteroatoms. The molecule has 0 saturated carbocycles. The fourth-order valence-corrected chi connectivity index (χ4v) is 2.69. The van der Waals surface area contributed by atoms with Crippen LogP contribution in [0.25, 0.3) is 0 Å². The van der Waals surface area contributed by atoms with Crippen molar-refractivity contribution in [2.24, 2.45) is 0 Å². The van der Waals surface area contributed by atoms with Crippen LogP contribution in [0, 0.1) is 0 Å². The number of rotatable bonds is 9. The summed E-state index contributed by atoms with van der Waals surface area (Å²) in [5, 5.41) is 3.26. The number of amides is 4. The molecule has 146 valence electrons. The van der Waals surface area contributed by atoms with E-state index < -0.39 is 36.0 Å². The molecular formula is C19H25N3O5. The highest BCUT2D eigenvalue weighted by atomic mass is 16.5. The Morgan fingerprint density at radius 2 is 1.93 bits per heavy atom. The molecule has 27 heavy (non-hydrogen) atoms. The van der Waals surface area contributed by atoms with E-state index in [-0.39, 0.29) is 6.42 Å². The van der Waals surface area contributed by atoms with Gasteiger partial charge in [-0.05, 0) is 31.7 Å². The molecule has 4 amide bonds. The van der Waals surface area contributed by atoms with Crippen molar-refractivity contribution in [2.75, 3.05) is 6.61 Å². The first kappa shape index (κ1) is 20.4. The SMILES string of the molecule is CCCCC(=O)OCC(=O)NN1C(=O)N[C@](C)(CCc2ccccc2)C1=O. The van der Waals surface area contributed by atoms with Crippen LogP contribution in [-0.2, 0) is 25.5 Å². The van der Waals surface area contributed by atoms with Crippen LogP contribution in [0.3, 0.4) is 0 Å². The van der Waals surface area contributed by atoms with Gasteiger partial charge in [-0.1, -0.05) is 43.7 Å². The topological polar surface area (TPSA) is 105 Å². The molecule has 1 fully saturated rings. The van der Waals surface area contributed by atoms with Crippen molar-refractivity contribution in [3.63, 3.8) is 0 Å². The van der Waals surface area contributed by atoms with Crippen LogP contribution in [0.5, 0.6) is 0 Å². The number of esters is 1. The van der Waals surface area contributed by atoms with Crippen LogP contribution in [0.15, 0.2) is 30.3 Å². The van der Waals surface area contributed by atoms with E-state index in [2.05, 4.69) is 10.7 Å². The molecule has 1 saturated heterocycles. The Kier molecular flexibility index (Phi) is 6.92. The number of imide groups is 1. The summed E-state index contributed by atoms with van der Waals surface area (Å²) in [5.41, 5.74) is 2.13. The van der Waals surface area contributed by atoms with Gasteiger partial charge in [0, 0.05) is 6.42 Å². The summed E-state index contributed by atoms with van der Waals surface area (Å²) in [5.74, 6) is -1.78. The lowest BCUT2D eigenvalue weighted by atomic mass is 9.93. The largest absolute Gasteiger partial charge is 0.455 e. The maximum absolute atomic E-state index is 12.6. The first-order valence-corrected chi connectivity index (χ1v) is 9.01. The lowest BCUT2D eigenvalue weighted by molar-refractivity contribution is -0.150. The van der Waals surface area contributed by atoms with E-state index >= 15 is 0 Å². The van der Waals surface area contributed by atoms with Crippen molar-refractivity contribution in [3.05, 3.63) is 35.9 Å². The molecule has 1 heterocycles. The van der Waals surface area contributed by atoms with Gasteiger partial charge in [-0.2, -0.15) is 5.01 Å². The van der Waals surface area contributed by atoms with Crippen LogP contribution in [0.4, 0.5) is 4.79 Å². The Morgan fingerprint density at radius 3 is 2.59 bits per heavy atom. The van der Waals surface area contributed by atoms with Gasteiger partial charge in [0.25, 0.3) is 11.8 Å². The van der Waals surface area contributed by atoms with Gasteiger partial charge in [0.05, 0.1) is 0 Å². The van der Waals surface area contributed by atoms with E-state index in [1.165, 1.54) is 0 Å². The molecule has 0 spiro atoms. The van der Waals surface area contributed by atoms with Crippen molar-refractivity contribution in [2.45, 2.75) is 51.5 Å². The number of hydrogen-bond donors (Lipinski definition) is 2. The molecular weight excluding hydrogens is 350 g/mol. The van der Waals surface area contributed by atoms with Crippen molar-refractivity contribution >= 4 is 23.8 Å². The molecule has 0 radical (unpaired) electrons. The van der Waals surface area contributed by atoms with Gasteiger partial charge >= 0.3 is 12.0 Å². The molecule has 0 unspecified atom stereocenters. The lowest BCUT2D eigenvalue weighted by Gasteiger charge is -2.21. The van der Waals surface area contributed by atoms with Gasteiger partial charge in [-0.25, -0.2) is 4.79 Å². The number of urea groups is 1. The highest BCUT2D eigenvalue weighted by molar-refractivity contribution is 6.07. The standard InChI is InChI=1S/C19H25N3O5/c1-3-4-10-16(24)27-13-15(23)21-22-17(25)19(2,20-18(22)26)12-11-14-8-6-5-7-9-14/h5-9H,3-4,10-13H2,1-2H3,(H,20,26)(H,21,23)/t19-/m1/s1. The molecule has 8 nitrogen and oxygen atoms in total. The minimum absolute atomic E-state index is 0.227. The monoisotopic (exact) mass is 375 g/mol. The number of nitrogens with one attached hydrogen (secondary N) is 2. The molecule has 2 N–H and O–H groups in total. The van der Waals surface area contributed by atoms with Crippen molar-refractivity contribution in [1.29, 1.82) is 0 Å². The fourth-order valence-electron chi connectivity index (χ4n) is 2.69. The molecule has 1 aliphatic rings. The lowest BCUT2D eigenvalue weighted by Crippen LogP contribution is -2.50. The van der Waals surface area contributed by atoms with Gasteiger partial charge in [0.15, 0.2) is 6.61 Å². The fraction of sp³-hybridized carbons (Fsp3) is 0.474. The number of carbonyl (C=O) groups excluding carboxylic acids is 4. The molecule has 1 aromatic carbocycles. The van der Waals surface area contributed by atoms with Gasteiger partial charge < -0.3 is 10.1 Å². The van der Waals surface area contributed by atoms with E-state index in [1.54, 1.807) is 6.92 Å². The second kappa shape index (κ2) is 9.16. The predicted molar refractivity (Wildman–Crippen MR) is 97.2 cm³/mol. The third kappa shape index (κ3) is 5.54. The summed E-state index contributed by atoms with van der Waals surface area (Å²) in [6.45, 7) is 3.01. The summed E-state index contributed by atoms with van der Waals surface area (Å²) in [4.78, 5) is 48.0. The summed E-state index contributed by atoms with van der Waals surface area (Å²) in [6, 6.07) is 8.89. The summed E-state index contributed by atoms with van der Waals surface area (Å²) in [7, 11) is 0. The van der Waals surface area contributed by atoms with Crippen LogP contribution in [0.2, 0.25) is 0 Å². The molecule has 0 bridgehead atoms. The quantitative estimate of drug-likeness (QED) is 0.505. The number of hydrazine groups is 1. The van der Waals surface area contributed by atoms with E-state index in [0.29, 0.717) is 24.3 Å². The van der Waals surface area contributed by atoms with Gasteiger partial charge in [-0.15, -0.1) is 0 Å². The number of hydrogen-bond acceptors (Lipinski definition) is 5. The zero-order chi connectivity index (χ0) is 19.9. The average molecular weight is 375 g/mol. The van der Waals surface area contributed by atoms with E-state index in [9.17, 15) is 19.2 Å². The summed E-state index contributed by atoms with van der Waals surface area (Å²) in [6.07, 6.45) is 2.73. The number of aryl methyl sites for hydroxylation is 1. The van der Waals surface area contributed by atoms with E-state index in [4.69, 9.17) is 4.74 Å². The summed E-state index contributed by atoms with van der Waals surface area (Å²) >= 11 is 0. The minimum atomic E-state index is -1.11. The molecule has 0 aromatic heterocycles. The highest BCUT2D eigenvalue weighted by Gasteiger charge is 2.48. The number of benzene rings is 1. The average Bonchev–Trinajstić information content (AvgIpc) is 2.87. The first-order chi connectivity index (χ1) is 12.9. The Bertz CT molecular complexity index is 707. The number of nitrogens with zero attached hydrogens (tertiary/aromatic N) is 1. The molecule has 1 aliphatic heterocycles. The molecule has 1 aromatic rings. The van der Waals surface area contributed by atoms with E-state index in [0.717, 1.165) is 12.0 Å². The number of carbonyl (C=O) groups is 4. The molecule has 2 rings (SSSR count). The second-order valence-electron chi connectivity index (χ2n) is 6.69. The minimum Gasteiger partial charge on any atom is -0.455 e. The molecule has 0 aliphatic carbocycles. The normalized spacial score (nSPS) is 19.0.